The number of benzene rings is 2. The number of aromatic nitrogens is 2. The third kappa shape index (κ3) is 5.07. The second-order valence-corrected chi connectivity index (χ2v) is 8.35. The highest BCUT2D eigenvalue weighted by molar-refractivity contribution is 9.10. The number of rotatable bonds is 7. The van der Waals surface area contributed by atoms with Crippen molar-refractivity contribution >= 4 is 44.1 Å². The molecule has 0 radical (unpaired) electrons. The fourth-order valence-corrected chi connectivity index (χ4v) is 3.82. The van der Waals surface area contributed by atoms with Crippen LogP contribution in [0, 0.1) is 6.92 Å². The van der Waals surface area contributed by atoms with Gasteiger partial charge in [0, 0.05) is 29.9 Å². The molecule has 1 amide bonds. The van der Waals surface area contributed by atoms with E-state index in [1.165, 1.54) is 23.3 Å². The van der Waals surface area contributed by atoms with Crippen molar-refractivity contribution in [2.75, 3.05) is 19.1 Å². The smallest absolute Gasteiger partial charge is 0.229 e. The van der Waals surface area contributed by atoms with Crippen molar-refractivity contribution in [3.8, 4) is 16.3 Å². The lowest BCUT2D eigenvalue weighted by atomic mass is 10.0. The highest BCUT2D eigenvalue weighted by Gasteiger charge is 2.19. The predicted molar refractivity (Wildman–Crippen MR) is 118 cm³/mol. The number of ketones is 1. The van der Waals surface area contributed by atoms with Crippen LogP contribution < -0.4 is 9.64 Å². The Labute approximate surface area is 181 Å². The first-order valence-corrected chi connectivity index (χ1v) is 10.5. The van der Waals surface area contributed by atoms with Crippen LogP contribution in [0.4, 0.5) is 5.13 Å². The Kier molecular flexibility index (Phi) is 6.76. The van der Waals surface area contributed by atoms with Gasteiger partial charge in [0.2, 0.25) is 11.0 Å². The second kappa shape index (κ2) is 9.28. The van der Waals surface area contributed by atoms with Crippen LogP contribution in [-0.4, -0.2) is 36.0 Å². The van der Waals surface area contributed by atoms with Crippen molar-refractivity contribution in [1.29, 1.82) is 0 Å². The van der Waals surface area contributed by atoms with Crippen molar-refractivity contribution in [2.24, 2.45) is 0 Å². The van der Waals surface area contributed by atoms with Gasteiger partial charge in [-0.2, -0.15) is 0 Å². The van der Waals surface area contributed by atoms with E-state index in [1.807, 2.05) is 37.3 Å². The maximum absolute atomic E-state index is 12.6. The Hall–Kier alpha value is -2.58. The minimum atomic E-state index is -0.191. The monoisotopic (exact) mass is 473 g/mol. The van der Waals surface area contributed by atoms with E-state index in [9.17, 15) is 9.59 Å². The van der Waals surface area contributed by atoms with Gasteiger partial charge in [0.05, 0.1) is 12.7 Å². The summed E-state index contributed by atoms with van der Waals surface area (Å²) in [4.78, 5) is 26.6. The van der Waals surface area contributed by atoms with Gasteiger partial charge >= 0.3 is 0 Å². The highest BCUT2D eigenvalue weighted by atomic mass is 79.9. The summed E-state index contributed by atoms with van der Waals surface area (Å²) in [7, 11) is 3.17. The molecule has 0 fully saturated rings. The average molecular weight is 474 g/mol. The molecule has 150 valence electrons. The summed E-state index contributed by atoms with van der Waals surface area (Å²) in [5.41, 5.74) is 2.39. The number of nitrogens with zero attached hydrogens (tertiary/aromatic N) is 3. The van der Waals surface area contributed by atoms with Gasteiger partial charge in [-0.3, -0.25) is 14.5 Å². The van der Waals surface area contributed by atoms with Crippen molar-refractivity contribution in [2.45, 2.75) is 19.8 Å². The molecule has 3 aromatic rings. The Morgan fingerprint density at radius 3 is 2.52 bits per heavy atom. The summed E-state index contributed by atoms with van der Waals surface area (Å²) in [6, 6.07) is 13.2. The lowest BCUT2D eigenvalue weighted by molar-refractivity contribution is -0.118. The number of carbonyl (C=O) groups excluding carboxylic acids is 2. The minimum Gasteiger partial charge on any atom is -0.496 e. The third-order valence-corrected chi connectivity index (χ3v) is 5.97. The van der Waals surface area contributed by atoms with Gasteiger partial charge in [0.25, 0.3) is 0 Å². The molecule has 1 aromatic heterocycles. The molecular formula is C21H20BrN3O3S. The Morgan fingerprint density at radius 1 is 1.10 bits per heavy atom. The number of hydrogen-bond acceptors (Lipinski definition) is 6. The Bertz CT molecular complexity index is 1030. The maximum atomic E-state index is 12.6. The van der Waals surface area contributed by atoms with Gasteiger partial charge in [0.1, 0.15) is 10.8 Å². The Morgan fingerprint density at radius 2 is 1.83 bits per heavy atom. The van der Waals surface area contributed by atoms with Crippen molar-refractivity contribution in [3.05, 3.63) is 58.1 Å². The van der Waals surface area contributed by atoms with E-state index < -0.39 is 0 Å². The summed E-state index contributed by atoms with van der Waals surface area (Å²) >= 11 is 4.73. The molecule has 8 heteroatoms. The van der Waals surface area contributed by atoms with E-state index in [2.05, 4.69) is 26.1 Å². The summed E-state index contributed by atoms with van der Waals surface area (Å²) in [5, 5.41) is 9.51. The fraction of sp³-hybridized carbons (Fsp3) is 0.238. The molecule has 6 nitrogen and oxygen atoms in total. The minimum absolute atomic E-state index is 0.0830. The maximum Gasteiger partial charge on any atom is 0.229 e. The number of Topliss-reactive ketones (excluding diaryl/α,β-unsaturated/α-hetero) is 1. The molecule has 29 heavy (non-hydrogen) atoms. The first-order valence-electron chi connectivity index (χ1n) is 8.93. The van der Waals surface area contributed by atoms with Crippen LogP contribution in [0.3, 0.4) is 0 Å². The van der Waals surface area contributed by atoms with Gasteiger partial charge in [-0.05, 0) is 31.2 Å². The molecule has 0 N–H and O–H groups in total. The summed E-state index contributed by atoms with van der Waals surface area (Å²) in [5.74, 6) is 0.202. The van der Waals surface area contributed by atoms with Crippen LogP contribution in [0.5, 0.6) is 5.75 Å². The molecule has 0 aliphatic rings. The number of methoxy groups -OCH3 is 1. The number of ether oxygens (including phenoxy) is 1. The molecule has 0 spiro atoms. The SMILES string of the molecule is COc1ccc(C)cc1C(=O)CCC(=O)N(C)c1nnc(-c2ccc(Br)cc2)s1. The van der Waals surface area contributed by atoms with E-state index in [-0.39, 0.29) is 24.5 Å². The molecule has 0 unspecified atom stereocenters. The molecule has 0 aliphatic carbocycles. The van der Waals surface area contributed by atoms with Crippen molar-refractivity contribution in [3.63, 3.8) is 0 Å². The number of amides is 1. The summed E-state index contributed by atoms with van der Waals surface area (Å²) in [6.45, 7) is 1.91. The first-order chi connectivity index (χ1) is 13.9. The summed E-state index contributed by atoms with van der Waals surface area (Å²) < 4.78 is 6.24. The average Bonchev–Trinajstić information content (AvgIpc) is 3.21. The second-order valence-electron chi connectivity index (χ2n) is 6.48. The molecule has 0 bridgehead atoms. The van der Waals surface area contributed by atoms with Gasteiger partial charge in [-0.1, -0.05) is 51.0 Å². The van der Waals surface area contributed by atoms with Gasteiger partial charge in [-0.25, -0.2) is 0 Å². The first kappa shape index (κ1) is 21.1. The number of carbonyl (C=O) groups is 2. The van der Waals surface area contributed by atoms with E-state index in [0.29, 0.717) is 16.4 Å². The fourth-order valence-electron chi connectivity index (χ4n) is 2.73. The molecular weight excluding hydrogens is 454 g/mol. The van der Waals surface area contributed by atoms with Crippen LogP contribution in [0.25, 0.3) is 10.6 Å². The van der Waals surface area contributed by atoms with Gasteiger partial charge < -0.3 is 4.74 Å². The number of aryl methyl sites for hydroxylation is 1. The van der Waals surface area contributed by atoms with Crippen LogP contribution in [-0.2, 0) is 4.79 Å². The molecule has 0 saturated carbocycles. The molecule has 3 rings (SSSR count). The van der Waals surface area contributed by atoms with Crippen LogP contribution in [0.2, 0.25) is 0 Å². The number of hydrogen-bond donors (Lipinski definition) is 0. The van der Waals surface area contributed by atoms with Crippen molar-refractivity contribution < 1.29 is 14.3 Å². The zero-order chi connectivity index (χ0) is 21.0. The zero-order valence-corrected chi connectivity index (χ0v) is 18.7. The zero-order valence-electron chi connectivity index (χ0n) is 16.3. The Balaban J connectivity index is 1.65. The number of anilines is 1. The van der Waals surface area contributed by atoms with Crippen LogP contribution >= 0.6 is 27.3 Å². The lowest BCUT2D eigenvalue weighted by Crippen LogP contribution is -2.26. The van der Waals surface area contributed by atoms with E-state index in [0.717, 1.165) is 20.6 Å². The summed E-state index contributed by atoms with van der Waals surface area (Å²) in [6.07, 6.45) is 0.182. The third-order valence-electron chi connectivity index (χ3n) is 4.39. The number of halogens is 1. The lowest BCUT2D eigenvalue weighted by Gasteiger charge is -2.13. The molecule has 0 aliphatic heterocycles. The van der Waals surface area contributed by atoms with Gasteiger partial charge in [-0.15, -0.1) is 10.2 Å². The normalized spacial score (nSPS) is 10.6. The largest absolute Gasteiger partial charge is 0.496 e. The van der Waals surface area contributed by atoms with E-state index >= 15 is 0 Å². The molecule has 0 atom stereocenters. The van der Waals surface area contributed by atoms with E-state index in [1.54, 1.807) is 19.2 Å². The van der Waals surface area contributed by atoms with Crippen LogP contribution in [0.15, 0.2) is 46.9 Å². The predicted octanol–water partition coefficient (Wildman–Crippen LogP) is 4.91. The van der Waals surface area contributed by atoms with Gasteiger partial charge in [0.15, 0.2) is 5.78 Å². The van der Waals surface area contributed by atoms with Crippen molar-refractivity contribution in [1.82, 2.24) is 10.2 Å². The quantitative estimate of drug-likeness (QED) is 0.455. The van der Waals surface area contributed by atoms with E-state index in [4.69, 9.17) is 4.74 Å². The molecule has 2 aromatic carbocycles. The molecule has 1 heterocycles. The highest BCUT2D eigenvalue weighted by Crippen LogP contribution is 2.29. The molecule has 0 saturated heterocycles. The standard InChI is InChI=1S/C21H20BrN3O3S/c1-13-4-10-18(28-3)16(12-13)17(26)9-11-19(27)25(2)21-24-23-20(29-21)14-5-7-15(22)8-6-14/h4-8,10,12H,9,11H2,1-3H3. The van der Waals surface area contributed by atoms with Crippen LogP contribution in [0.1, 0.15) is 28.8 Å². The topological polar surface area (TPSA) is 72.4 Å².